The first-order chi connectivity index (χ1) is 11.7. The van der Waals surface area contributed by atoms with Gasteiger partial charge in [0.2, 0.25) is 0 Å². The zero-order valence-electron chi connectivity index (χ0n) is 15.1. The van der Waals surface area contributed by atoms with E-state index in [0.717, 1.165) is 32.7 Å². The molecule has 1 aliphatic heterocycles. The summed E-state index contributed by atoms with van der Waals surface area (Å²) in [6.45, 7) is 2.39. The summed E-state index contributed by atoms with van der Waals surface area (Å²) in [5.41, 5.74) is 1.24. The Morgan fingerprint density at radius 2 is 1.71 bits per heavy atom. The third-order valence-electron chi connectivity index (χ3n) is 3.49. The predicted molar refractivity (Wildman–Crippen MR) is 94.2 cm³/mol. The Morgan fingerprint density at radius 3 is 2.17 bits per heavy atom. The first-order valence-electron chi connectivity index (χ1n) is 8.10. The molecule has 2 atom stereocenters. The maximum atomic E-state index is 5.51. The molecule has 0 N–H and O–H groups in total. The van der Waals surface area contributed by atoms with Gasteiger partial charge in [0.1, 0.15) is 6.10 Å². The van der Waals surface area contributed by atoms with Crippen molar-refractivity contribution in [2.75, 3.05) is 48.3 Å². The summed E-state index contributed by atoms with van der Waals surface area (Å²) in [6.07, 6.45) is 2.55. The Labute approximate surface area is 146 Å². The van der Waals surface area contributed by atoms with E-state index in [1.807, 2.05) is 18.2 Å². The first-order valence-corrected chi connectivity index (χ1v) is 9.52. The fraction of sp³-hybridized carbons (Fsp3) is 0.647. The van der Waals surface area contributed by atoms with Crippen molar-refractivity contribution in [2.45, 2.75) is 25.0 Å². The van der Waals surface area contributed by atoms with E-state index in [1.165, 1.54) is 5.56 Å². The molecule has 0 aliphatic carbocycles. The third kappa shape index (κ3) is 9.48. The largest absolute Gasteiger partial charge is 0.483 e. The van der Waals surface area contributed by atoms with Crippen molar-refractivity contribution in [3.05, 3.63) is 35.9 Å². The van der Waals surface area contributed by atoms with Gasteiger partial charge in [0.15, 0.2) is 0 Å². The number of hydrogen-bond acceptors (Lipinski definition) is 6. The van der Waals surface area contributed by atoms with E-state index < -0.39 is 9.53 Å². The Kier molecular flexibility index (Phi) is 11.9. The molecule has 0 saturated carbocycles. The van der Waals surface area contributed by atoms with Gasteiger partial charge in [-0.15, -0.1) is 0 Å². The zero-order chi connectivity index (χ0) is 17.6. The lowest BCUT2D eigenvalue weighted by Gasteiger charge is -2.15. The van der Waals surface area contributed by atoms with E-state index in [2.05, 4.69) is 12.1 Å². The standard InChI is InChI=1S/C14H20O3.C3H10O3Si/c1-15-14(12-6-3-2-4-7-12)8-5-9-16-10-13-11-17-13;1-4-7(5-2)6-3/h2-4,6-7,13-14H,5,8-11H2,1H3;7H,1-3H3. The highest BCUT2D eigenvalue weighted by Crippen LogP contribution is 2.21. The molecule has 138 valence electrons. The molecule has 2 rings (SSSR count). The van der Waals surface area contributed by atoms with Crippen LogP contribution < -0.4 is 0 Å². The molecule has 1 fully saturated rings. The highest BCUT2D eigenvalue weighted by Gasteiger charge is 2.22. The summed E-state index contributed by atoms with van der Waals surface area (Å²) in [5, 5.41) is 0. The van der Waals surface area contributed by atoms with E-state index in [4.69, 9.17) is 27.5 Å². The normalized spacial score (nSPS) is 17.3. The van der Waals surface area contributed by atoms with Gasteiger partial charge in [-0.05, 0) is 18.4 Å². The smallest absolute Gasteiger partial charge is 0.379 e. The number of benzene rings is 1. The molecular formula is C17H30O6Si. The summed E-state index contributed by atoms with van der Waals surface area (Å²) >= 11 is 0. The van der Waals surface area contributed by atoms with Crippen LogP contribution >= 0.6 is 0 Å². The van der Waals surface area contributed by atoms with E-state index >= 15 is 0 Å². The van der Waals surface area contributed by atoms with Crippen LogP contribution in [0.25, 0.3) is 0 Å². The van der Waals surface area contributed by atoms with E-state index in [0.29, 0.717) is 6.10 Å². The van der Waals surface area contributed by atoms with Gasteiger partial charge in [-0.1, -0.05) is 30.3 Å². The number of epoxide rings is 1. The van der Waals surface area contributed by atoms with Crippen LogP contribution in [0.5, 0.6) is 0 Å². The number of methoxy groups -OCH3 is 1. The van der Waals surface area contributed by atoms with Crippen molar-refractivity contribution in [3.8, 4) is 0 Å². The molecule has 0 spiro atoms. The lowest BCUT2D eigenvalue weighted by atomic mass is 10.1. The van der Waals surface area contributed by atoms with Gasteiger partial charge in [-0.2, -0.15) is 0 Å². The Hall–Kier alpha value is -0.803. The molecule has 0 bridgehead atoms. The minimum Gasteiger partial charge on any atom is -0.379 e. The lowest BCUT2D eigenvalue weighted by Crippen LogP contribution is -2.21. The monoisotopic (exact) mass is 358 g/mol. The Bertz CT molecular complexity index is 392. The predicted octanol–water partition coefficient (Wildman–Crippen LogP) is 2.21. The molecule has 6 nitrogen and oxygen atoms in total. The molecule has 1 aliphatic rings. The average Bonchev–Trinajstić information content (AvgIpc) is 3.45. The molecular weight excluding hydrogens is 328 g/mol. The zero-order valence-corrected chi connectivity index (χ0v) is 16.3. The van der Waals surface area contributed by atoms with Gasteiger partial charge in [0.25, 0.3) is 0 Å². The molecule has 0 radical (unpaired) electrons. The molecule has 0 amide bonds. The molecule has 1 aromatic carbocycles. The van der Waals surface area contributed by atoms with Gasteiger partial charge >= 0.3 is 9.53 Å². The number of hydrogen-bond donors (Lipinski definition) is 0. The topological polar surface area (TPSA) is 58.7 Å². The summed E-state index contributed by atoms with van der Waals surface area (Å²) in [6, 6.07) is 10.3. The van der Waals surface area contributed by atoms with Crippen LogP contribution in [0.3, 0.4) is 0 Å². The van der Waals surface area contributed by atoms with Crippen molar-refractivity contribution in [2.24, 2.45) is 0 Å². The van der Waals surface area contributed by atoms with Crippen molar-refractivity contribution < 1.29 is 27.5 Å². The highest BCUT2D eigenvalue weighted by atomic mass is 28.3. The second kappa shape index (κ2) is 13.5. The van der Waals surface area contributed by atoms with E-state index in [9.17, 15) is 0 Å². The Balaban J connectivity index is 0.000000351. The van der Waals surface area contributed by atoms with Gasteiger partial charge < -0.3 is 27.5 Å². The summed E-state index contributed by atoms with van der Waals surface area (Å²) in [4.78, 5) is 0. The van der Waals surface area contributed by atoms with E-state index in [-0.39, 0.29) is 6.10 Å². The molecule has 1 saturated heterocycles. The fourth-order valence-corrected chi connectivity index (χ4v) is 2.70. The van der Waals surface area contributed by atoms with Gasteiger partial charge in [0, 0.05) is 35.0 Å². The second-order valence-corrected chi connectivity index (χ2v) is 7.29. The van der Waals surface area contributed by atoms with Crippen LogP contribution in [0.2, 0.25) is 0 Å². The van der Waals surface area contributed by atoms with Crippen LogP contribution in [0.4, 0.5) is 0 Å². The fourth-order valence-electron chi connectivity index (χ4n) is 2.13. The molecule has 24 heavy (non-hydrogen) atoms. The summed E-state index contributed by atoms with van der Waals surface area (Å²) < 4.78 is 30.3. The van der Waals surface area contributed by atoms with Crippen LogP contribution in [-0.4, -0.2) is 63.9 Å². The van der Waals surface area contributed by atoms with Crippen molar-refractivity contribution >= 4 is 9.53 Å². The van der Waals surface area contributed by atoms with Gasteiger partial charge in [-0.3, -0.25) is 0 Å². The molecule has 0 aromatic heterocycles. The molecule has 7 heteroatoms. The Morgan fingerprint density at radius 1 is 1.08 bits per heavy atom. The van der Waals surface area contributed by atoms with Gasteiger partial charge in [0.05, 0.1) is 19.3 Å². The van der Waals surface area contributed by atoms with Crippen molar-refractivity contribution in [3.63, 3.8) is 0 Å². The van der Waals surface area contributed by atoms with Crippen molar-refractivity contribution in [1.82, 2.24) is 0 Å². The van der Waals surface area contributed by atoms with Crippen LogP contribution in [0.15, 0.2) is 30.3 Å². The molecule has 2 unspecified atom stereocenters. The van der Waals surface area contributed by atoms with Crippen LogP contribution in [-0.2, 0) is 27.5 Å². The minimum absolute atomic E-state index is 0.178. The average molecular weight is 359 g/mol. The van der Waals surface area contributed by atoms with Crippen molar-refractivity contribution in [1.29, 1.82) is 0 Å². The van der Waals surface area contributed by atoms with E-state index in [1.54, 1.807) is 28.4 Å². The van der Waals surface area contributed by atoms with Gasteiger partial charge in [-0.25, -0.2) is 0 Å². The second-order valence-electron chi connectivity index (χ2n) is 5.30. The van der Waals surface area contributed by atoms with Crippen LogP contribution in [0, 0.1) is 0 Å². The third-order valence-corrected chi connectivity index (χ3v) is 4.65. The minimum atomic E-state index is -1.67. The SMILES string of the molecule is COC(CCCOCC1CO1)c1ccccc1.CO[SiH](OC)OC. The number of rotatable bonds is 11. The maximum absolute atomic E-state index is 5.51. The highest BCUT2D eigenvalue weighted by molar-refractivity contribution is 6.36. The molecule has 1 heterocycles. The maximum Gasteiger partial charge on any atom is 0.483 e. The lowest BCUT2D eigenvalue weighted by molar-refractivity contribution is 0.0705. The number of ether oxygens (including phenoxy) is 3. The first kappa shape index (κ1) is 21.2. The summed E-state index contributed by atoms with van der Waals surface area (Å²) in [5.74, 6) is 0. The summed E-state index contributed by atoms with van der Waals surface area (Å²) in [7, 11) is 4.81. The molecule has 1 aromatic rings. The van der Waals surface area contributed by atoms with Crippen LogP contribution in [0.1, 0.15) is 24.5 Å². The quantitative estimate of drug-likeness (QED) is 0.343.